The third kappa shape index (κ3) is 2.07. The Labute approximate surface area is 120 Å². The average Bonchev–Trinajstić information content (AvgIpc) is 2.73. The Morgan fingerprint density at radius 1 is 1.20 bits per heavy atom. The van der Waals surface area contributed by atoms with Gasteiger partial charge in [0.1, 0.15) is 0 Å². The number of hydrogen-bond acceptors (Lipinski definition) is 1. The van der Waals surface area contributed by atoms with Crippen LogP contribution in [0.5, 0.6) is 0 Å². The van der Waals surface area contributed by atoms with Crippen LogP contribution < -0.4 is 0 Å². The number of nitrogens with zero attached hydrogens (tertiary/aromatic N) is 1. The summed E-state index contributed by atoms with van der Waals surface area (Å²) in [5.74, 6) is 2.15. The quantitative estimate of drug-likeness (QED) is 0.914. The van der Waals surface area contributed by atoms with Crippen molar-refractivity contribution in [3.8, 4) is 0 Å². The number of hydrogen-bond donors (Lipinski definition) is 1. The van der Waals surface area contributed by atoms with Gasteiger partial charge in [0, 0.05) is 18.4 Å². The average molecular weight is 273 g/mol. The van der Waals surface area contributed by atoms with Crippen molar-refractivity contribution in [2.45, 2.75) is 51.5 Å². The van der Waals surface area contributed by atoms with E-state index in [4.69, 9.17) is 5.11 Å². The fraction of sp³-hybridized carbons (Fsp3) is 0.706. The summed E-state index contributed by atoms with van der Waals surface area (Å²) in [6.45, 7) is 1.05. The molecule has 0 aliphatic heterocycles. The van der Waals surface area contributed by atoms with Gasteiger partial charge in [-0.15, -0.1) is 0 Å². The van der Waals surface area contributed by atoms with Crippen molar-refractivity contribution in [1.29, 1.82) is 0 Å². The predicted octanol–water partition coefficient (Wildman–Crippen LogP) is 3.33. The molecule has 4 aliphatic carbocycles. The highest BCUT2D eigenvalue weighted by atomic mass is 16.4. The summed E-state index contributed by atoms with van der Waals surface area (Å²) in [7, 11) is 0. The molecule has 0 atom stereocenters. The maximum atomic E-state index is 11.0. The van der Waals surface area contributed by atoms with Crippen LogP contribution in [0.4, 0.5) is 0 Å². The zero-order chi connectivity index (χ0) is 13.7. The molecule has 4 saturated carbocycles. The molecule has 5 rings (SSSR count). The second-order valence-corrected chi connectivity index (χ2v) is 7.62. The summed E-state index contributed by atoms with van der Waals surface area (Å²) in [5, 5.41) is 9.03. The summed E-state index contributed by atoms with van der Waals surface area (Å²) in [5.41, 5.74) is 1.44. The van der Waals surface area contributed by atoms with Gasteiger partial charge in [-0.3, -0.25) is 4.79 Å². The molecule has 1 aromatic heterocycles. The maximum absolute atomic E-state index is 11.0. The van der Waals surface area contributed by atoms with Crippen molar-refractivity contribution < 1.29 is 9.90 Å². The Balaban J connectivity index is 1.57. The first-order valence-corrected chi connectivity index (χ1v) is 7.98. The van der Waals surface area contributed by atoms with E-state index in [0.717, 1.165) is 30.0 Å². The van der Waals surface area contributed by atoms with Crippen molar-refractivity contribution >= 4 is 5.97 Å². The molecule has 3 heteroatoms. The molecule has 1 N–H and O–H groups in total. The Hall–Kier alpha value is -1.25. The minimum Gasteiger partial charge on any atom is -0.481 e. The molecular formula is C17H23NO2. The van der Waals surface area contributed by atoms with Gasteiger partial charge in [-0.2, -0.15) is 0 Å². The summed E-state index contributed by atoms with van der Waals surface area (Å²) in [6.07, 6.45) is 10.8. The normalized spacial score (nSPS) is 38.3. The standard InChI is InChI=1S/C17H23NO2/c19-16(20)7-15-2-1-3-18(15)11-17-8-12-4-13(9-17)6-14(5-12)10-17/h1-3,12-14H,4-11H2,(H,19,20). The molecule has 1 heterocycles. The fourth-order valence-electron chi connectivity index (χ4n) is 5.76. The zero-order valence-electron chi connectivity index (χ0n) is 11.9. The van der Waals surface area contributed by atoms with Crippen molar-refractivity contribution in [1.82, 2.24) is 4.57 Å². The van der Waals surface area contributed by atoms with Crippen molar-refractivity contribution in [2.24, 2.45) is 23.2 Å². The predicted molar refractivity (Wildman–Crippen MR) is 76.4 cm³/mol. The summed E-state index contributed by atoms with van der Waals surface area (Å²) in [4.78, 5) is 11.0. The van der Waals surface area contributed by atoms with Gasteiger partial charge >= 0.3 is 5.97 Å². The highest BCUT2D eigenvalue weighted by Crippen LogP contribution is 2.60. The summed E-state index contributed by atoms with van der Waals surface area (Å²) < 4.78 is 2.22. The van der Waals surface area contributed by atoms with Gasteiger partial charge in [-0.25, -0.2) is 0 Å². The van der Waals surface area contributed by atoms with E-state index < -0.39 is 5.97 Å². The molecule has 4 fully saturated rings. The largest absolute Gasteiger partial charge is 0.481 e. The van der Waals surface area contributed by atoms with Gasteiger partial charge in [0.25, 0.3) is 0 Å². The molecule has 4 bridgehead atoms. The SMILES string of the molecule is O=C(O)Cc1cccn1CC12CC3CC(CC(C3)C1)C2. The number of aliphatic carboxylic acids is 1. The number of carboxylic acids is 1. The number of rotatable bonds is 4. The van der Waals surface area contributed by atoms with Crippen molar-refractivity contribution in [2.75, 3.05) is 0 Å². The molecular weight excluding hydrogens is 250 g/mol. The van der Waals surface area contributed by atoms with Crippen LogP contribution in [0.15, 0.2) is 18.3 Å². The monoisotopic (exact) mass is 273 g/mol. The summed E-state index contributed by atoms with van der Waals surface area (Å²) >= 11 is 0. The minimum absolute atomic E-state index is 0.152. The van der Waals surface area contributed by atoms with E-state index in [0.29, 0.717) is 5.41 Å². The maximum Gasteiger partial charge on any atom is 0.309 e. The Kier molecular flexibility index (Phi) is 2.73. The van der Waals surface area contributed by atoms with Crippen molar-refractivity contribution in [3.05, 3.63) is 24.0 Å². The van der Waals surface area contributed by atoms with Gasteiger partial charge in [-0.05, 0) is 73.8 Å². The summed E-state index contributed by atoms with van der Waals surface area (Å²) in [6, 6.07) is 3.97. The highest BCUT2D eigenvalue weighted by Gasteiger charge is 2.50. The lowest BCUT2D eigenvalue weighted by Gasteiger charge is -2.57. The smallest absolute Gasteiger partial charge is 0.309 e. The van der Waals surface area contributed by atoms with E-state index in [2.05, 4.69) is 10.8 Å². The van der Waals surface area contributed by atoms with E-state index in [-0.39, 0.29) is 6.42 Å². The Morgan fingerprint density at radius 3 is 2.35 bits per heavy atom. The molecule has 0 radical (unpaired) electrons. The van der Waals surface area contributed by atoms with Crippen LogP contribution in [0.3, 0.4) is 0 Å². The molecule has 0 spiro atoms. The van der Waals surface area contributed by atoms with Crippen LogP contribution >= 0.6 is 0 Å². The lowest BCUT2D eigenvalue weighted by Crippen LogP contribution is -2.48. The molecule has 0 saturated heterocycles. The van der Waals surface area contributed by atoms with E-state index in [1.807, 2.05) is 12.1 Å². The van der Waals surface area contributed by atoms with Crippen LogP contribution in [0.1, 0.15) is 44.2 Å². The van der Waals surface area contributed by atoms with E-state index in [1.54, 1.807) is 0 Å². The topological polar surface area (TPSA) is 42.2 Å². The molecule has 0 aromatic carbocycles. The van der Waals surface area contributed by atoms with Crippen molar-refractivity contribution in [3.63, 3.8) is 0 Å². The van der Waals surface area contributed by atoms with E-state index in [1.165, 1.54) is 38.5 Å². The number of aromatic nitrogens is 1. The Bertz CT molecular complexity index is 496. The van der Waals surface area contributed by atoms with E-state index >= 15 is 0 Å². The van der Waals surface area contributed by atoms with Crippen LogP contribution in [0.2, 0.25) is 0 Å². The van der Waals surface area contributed by atoms with Crippen LogP contribution in [0, 0.1) is 23.2 Å². The first-order chi connectivity index (χ1) is 9.62. The molecule has 0 unspecified atom stereocenters. The fourth-order valence-corrected chi connectivity index (χ4v) is 5.76. The van der Waals surface area contributed by atoms with Crippen LogP contribution in [-0.2, 0) is 17.8 Å². The Morgan fingerprint density at radius 2 is 1.80 bits per heavy atom. The highest BCUT2D eigenvalue weighted by molar-refractivity contribution is 5.69. The third-order valence-corrected chi connectivity index (χ3v) is 5.93. The van der Waals surface area contributed by atoms with Crippen LogP contribution in [-0.4, -0.2) is 15.6 Å². The second kappa shape index (κ2) is 4.37. The molecule has 0 amide bonds. The lowest BCUT2D eigenvalue weighted by atomic mass is 9.49. The molecule has 1 aromatic rings. The third-order valence-electron chi connectivity index (χ3n) is 5.93. The first-order valence-electron chi connectivity index (χ1n) is 7.98. The van der Waals surface area contributed by atoms with Gasteiger partial charge < -0.3 is 9.67 Å². The van der Waals surface area contributed by atoms with Gasteiger partial charge in [0.05, 0.1) is 6.42 Å². The van der Waals surface area contributed by atoms with Gasteiger partial charge in [-0.1, -0.05) is 0 Å². The number of carbonyl (C=O) groups is 1. The molecule has 4 aliphatic rings. The molecule has 3 nitrogen and oxygen atoms in total. The number of carboxylic acid groups (broad SMARTS) is 1. The molecule has 20 heavy (non-hydrogen) atoms. The van der Waals surface area contributed by atoms with E-state index in [9.17, 15) is 4.79 Å². The molecule has 108 valence electrons. The van der Waals surface area contributed by atoms with Crippen LogP contribution in [0.25, 0.3) is 0 Å². The van der Waals surface area contributed by atoms with Gasteiger partial charge in [0.15, 0.2) is 0 Å². The zero-order valence-corrected chi connectivity index (χ0v) is 11.9. The minimum atomic E-state index is -0.726. The second-order valence-electron chi connectivity index (χ2n) is 7.62. The van der Waals surface area contributed by atoms with Gasteiger partial charge in [0.2, 0.25) is 0 Å². The first kappa shape index (κ1) is 12.5. The lowest BCUT2D eigenvalue weighted by molar-refractivity contribution is -0.136.